The molecule has 0 saturated heterocycles. The van der Waals surface area contributed by atoms with Crippen LogP contribution in [0.25, 0.3) is 0 Å². The molecule has 0 aliphatic heterocycles. The quantitative estimate of drug-likeness (QED) is 0.474. The number of hydroxylamine groups is 1. The summed E-state index contributed by atoms with van der Waals surface area (Å²) in [6.07, 6.45) is 4.95. The van der Waals surface area contributed by atoms with Crippen LogP contribution in [0.3, 0.4) is 0 Å². The molecule has 11 heavy (non-hydrogen) atoms. The maximum atomic E-state index is 10.7. The Balaban J connectivity index is 3.57. The smallest absolute Gasteiger partial charge is 0.255 e. The van der Waals surface area contributed by atoms with Gasteiger partial charge in [-0.25, -0.2) is 5.48 Å². The minimum atomic E-state index is -0.371. The summed E-state index contributed by atoms with van der Waals surface area (Å²) in [6.45, 7) is 5.51. The van der Waals surface area contributed by atoms with Crippen LogP contribution in [0.15, 0.2) is 0 Å². The number of rotatable bonds is 2. The van der Waals surface area contributed by atoms with Gasteiger partial charge in [-0.3, -0.25) is 9.63 Å². The molecule has 0 aromatic heterocycles. The monoisotopic (exact) mass is 155 g/mol. The zero-order valence-electron chi connectivity index (χ0n) is 7.10. The summed E-state index contributed by atoms with van der Waals surface area (Å²) in [5, 5.41) is 0. The van der Waals surface area contributed by atoms with Crippen molar-refractivity contribution in [1.29, 1.82) is 0 Å². The molecule has 0 aliphatic carbocycles. The molecule has 62 valence electrons. The standard InChI is InChI=1S/C8H13NO2/c1-5-6-7(10)9-11-8(2,3)4/h1H,6H2,2-4H3,(H,9,10). The highest BCUT2D eigenvalue weighted by Crippen LogP contribution is 2.03. The molecule has 0 aromatic carbocycles. The lowest BCUT2D eigenvalue weighted by Gasteiger charge is -2.18. The Bertz CT molecular complexity index is 174. The van der Waals surface area contributed by atoms with Crippen LogP contribution >= 0.6 is 0 Å². The van der Waals surface area contributed by atoms with E-state index in [1.165, 1.54) is 0 Å². The molecule has 0 rings (SSSR count). The summed E-state index contributed by atoms with van der Waals surface area (Å²) in [6, 6.07) is 0. The van der Waals surface area contributed by atoms with Gasteiger partial charge in [-0.15, -0.1) is 6.42 Å². The third-order valence-corrected chi connectivity index (χ3v) is 0.734. The summed E-state index contributed by atoms with van der Waals surface area (Å²) >= 11 is 0. The molecule has 0 spiro atoms. The van der Waals surface area contributed by atoms with Gasteiger partial charge in [-0.2, -0.15) is 0 Å². The molecule has 0 fully saturated rings. The van der Waals surface area contributed by atoms with E-state index in [1.807, 2.05) is 20.8 Å². The molecule has 0 radical (unpaired) electrons. The Morgan fingerprint density at radius 1 is 1.64 bits per heavy atom. The van der Waals surface area contributed by atoms with Gasteiger partial charge < -0.3 is 0 Å². The van der Waals surface area contributed by atoms with Crippen molar-refractivity contribution in [1.82, 2.24) is 5.48 Å². The molecular weight excluding hydrogens is 142 g/mol. The third kappa shape index (κ3) is 6.88. The Morgan fingerprint density at radius 3 is 2.55 bits per heavy atom. The second-order valence-corrected chi connectivity index (χ2v) is 3.12. The Hall–Kier alpha value is -1.01. The van der Waals surface area contributed by atoms with Gasteiger partial charge >= 0.3 is 0 Å². The zero-order valence-corrected chi connectivity index (χ0v) is 7.10. The highest BCUT2D eigenvalue weighted by molar-refractivity contribution is 5.77. The maximum absolute atomic E-state index is 10.7. The van der Waals surface area contributed by atoms with Crippen molar-refractivity contribution in [3.05, 3.63) is 0 Å². The molecule has 0 bridgehead atoms. The van der Waals surface area contributed by atoms with Crippen LogP contribution in [0.2, 0.25) is 0 Å². The normalized spacial score (nSPS) is 10.4. The molecule has 0 heterocycles. The lowest BCUT2D eigenvalue weighted by molar-refractivity contribution is -0.144. The number of nitrogens with one attached hydrogen (secondary N) is 1. The fourth-order valence-electron chi connectivity index (χ4n) is 0.339. The van der Waals surface area contributed by atoms with Gasteiger partial charge in [-0.05, 0) is 20.8 Å². The number of hydrogen-bond donors (Lipinski definition) is 1. The number of carbonyl (C=O) groups excluding carboxylic acids is 1. The van der Waals surface area contributed by atoms with Gasteiger partial charge in [0.25, 0.3) is 5.91 Å². The lowest BCUT2D eigenvalue weighted by Crippen LogP contribution is -2.33. The predicted octanol–water partition coefficient (Wildman–Crippen LogP) is 0.856. The van der Waals surface area contributed by atoms with Crippen molar-refractivity contribution in [2.24, 2.45) is 0 Å². The average molecular weight is 155 g/mol. The highest BCUT2D eigenvalue weighted by atomic mass is 16.7. The molecule has 0 saturated carbocycles. The van der Waals surface area contributed by atoms with Gasteiger partial charge in [0.1, 0.15) is 0 Å². The Labute approximate surface area is 67.1 Å². The van der Waals surface area contributed by atoms with Crippen molar-refractivity contribution in [3.63, 3.8) is 0 Å². The Morgan fingerprint density at radius 2 is 2.18 bits per heavy atom. The van der Waals surface area contributed by atoms with E-state index < -0.39 is 0 Å². The first-order valence-corrected chi connectivity index (χ1v) is 3.36. The van der Waals surface area contributed by atoms with Gasteiger partial charge in [0.2, 0.25) is 0 Å². The fraction of sp³-hybridized carbons (Fsp3) is 0.625. The fourth-order valence-corrected chi connectivity index (χ4v) is 0.339. The maximum Gasteiger partial charge on any atom is 0.255 e. The molecular formula is C8H13NO2. The summed E-state index contributed by atoms with van der Waals surface area (Å²) in [5.41, 5.74) is 1.87. The van der Waals surface area contributed by atoms with E-state index in [0.29, 0.717) is 0 Å². The summed E-state index contributed by atoms with van der Waals surface area (Å²) in [4.78, 5) is 15.7. The van der Waals surface area contributed by atoms with Crippen molar-refractivity contribution in [2.45, 2.75) is 32.8 Å². The second-order valence-electron chi connectivity index (χ2n) is 3.12. The van der Waals surface area contributed by atoms with Crippen LogP contribution in [0.4, 0.5) is 0 Å². The molecule has 3 heteroatoms. The third-order valence-electron chi connectivity index (χ3n) is 0.734. The molecule has 0 aliphatic rings. The second kappa shape index (κ2) is 3.99. The molecule has 0 aromatic rings. The highest BCUT2D eigenvalue weighted by Gasteiger charge is 2.11. The van der Waals surface area contributed by atoms with E-state index in [-0.39, 0.29) is 17.9 Å². The lowest BCUT2D eigenvalue weighted by atomic mass is 10.2. The van der Waals surface area contributed by atoms with Crippen molar-refractivity contribution >= 4 is 5.91 Å². The number of terminal acetylenes is 1. The van der Waals surface area contributed by atoms with Crippen molar-refractivity contribution < 1.29 is 9.63 Å². The number of carbonyl (C=O) groups is 1. The molecule has 3 nitrogen and oxygen atoms in total. The minimum Gasteiger partial charge on any atom is -0.272 e. The summed E-state index contributed by atoms with van der Waals surface area (Å²) in [7, 11) is 0. The van der Waals surface area contributed by atoms with Crippen LogP contribution in [-0.4, -0.2) is 11.5 Å². The van der Waals surface area contributed by atoms with Crippen molar-refractivity contribution in [2.75, 3.05) is 0 Å². The average Bonchev–Trinajstić information content (AvgIpc) is 1.83. The molecule has 1 amide bonds. The van der Waals surface area contributed by atoms with E-state index in [2.05, 4.69) is 11.4 Å². The van der Waals surface area contributed by atoms with Crippen LogP contribution < -0.4 is 5.48 Å². The van der Waals surface area contributed by atoms with E-state index in [1.54, 1.807) is 0 Å². The van der Waals surface area contributed by atoms with E-state index >= 15 is 0 Å². The Kier molecular flexibility index (Phi) is 3.63. The molecule has 0 unspecified atom stereocenters. The first-order valence-electron chi connectivity index (χ1n) is 3.36. The molecule has 0 atom stereocenters. The minimum absolute atomic E-state index is 0.0517. The summed E-state index contributed by atoms with van der Waals surface area (Å²) < 4.78 is 0. The topological polar surface area (TPSA) is 38.3 Å². The van der Waals surface area contributed by atoms with E-state index in [9.17, 15) is 4.79 Å². The van der Waals surface area contributed by atoms with E-state index in [4.69, 9.17) is 11.3 Å². The predicted molar refractivity (Wildman–Crippen MR) is 42.4 cm³/mol. The van der Waals surface area contributed by atoms with Gasteiger partial charge in [-0.1, -0.05) is 5.92 Å². The van der Waals surface area contributed by atoms with Crippen LogP contribution in [-0.2, 0) is 9.63 Å². The van der Waals surface area contributed by atoms with Crippen LogP contribution in [0, 0.1) is 12.3 Å². The van der Waals surface area contributed by atoms with Crippen LogP contribution in [0.5, 0.6) is 0 Å². The van der Waals surface area contributed by atoms with Crippen molar-refractivity contribution in [3.8, 4) is 12.3 Å². The summed E-state index contributed by atoms with van der Waals surface area (Å²) in [5.74, 6) is 1.92. The number of hydrogen-bond acceptors (Lipinski definition) is 2. The largest absolute Gasteiger partial charge is 0.272 e. The first-order chi connectivity index (χ1) is 4.95. The van der Waals surface area contributed by atoms with Gasteiger partial charge in [0.05, 0.1) is 12.0 Å². The SMILES string of the molecule is C#CCC(=O)NOC(C)(C)C. The number of amides is 1. The first kappa shape index (κ1) is 9.99. The van der Waals surface area contributed by atoms with Gasteiger partial charge in [0, 0.05) is 0 Å². The van der Waals surface area contributed by atoms with Crippen LogP contribution in [0.1, 0.15) is 27.2 Å². The molecule has 1 N–H and O–H groups in total. The van der Waals surface area contributed by atoms with Gasteiger partial charge in [0.15, 0.2) is 0 Å². The zero-order chi connectivity index (χ0) is 8.91. The van der Waals surface area contributed by atoms with E-state index in [0.717, 1.165) is 0 Å².